The van der Waals surface area contributed by atoms with Crippen molar-refractivity contribution in [3.63, 3.8) is 0 Å². The minimum absolute atomic E-state index is 0.408. The second-order valence-electron chi connectivity index (χ2n) is 6.82. The van der Waals surface area contributed by atoms with Crippen molar-refractivity contribution in [1.82, 2.24) is 5.32 Å². The fourth-order valence-corrected chi connectivity index (χ4v) is 4.93. The summed E-state index contributed by atoms with van der Waals surface area (Å²) >= 11 is 2.08. The maximum Gasteiger partial charge on any atom is 0.0253 e. The highest BCUT2D eigenvalue weighted by atomic mass is 32.2. The second kappa shape index (κ2) is 6.53. The van der Waals surface area contributed by atoms with Crippen LogP contribution in [0.1, 0.15) is 51.2 Å². The van der Waals surface area contributed by atoms with Gasteiger partial charge in [-0.15, -0.1) is 11.8 Å². The summed E-state index contributed by atoms with van der Waals surface area (Å²) in [6, 6.07) is 7.52. The average molecular weight is 292 g/mol. The smallest absolute Gasteiger partial charge is 0.0253 e. The van der Waals surface area contributed by atoms with Gasteiger partial charge in [0.2, 0.25) is 0 Å². The molecule has 0 amide bonds. The van der Waals surface area contributed by atoms with Gasteiger partial charge in [-0.2, -0.15) is 0 Å². The molecule has 0 bridgehead atoms. The molecular weight excluding hydrogens is 262 g/mol. The van der Waals surface area contributed by atoms with E-state index in [1.54, 1.807) is 0 Å². The number of aryl methyl sites for hydroxylation is 2. The fourth-order valence-electron chi connectivity index (χ4n) is 3.30. The lowest BCUT2D eigenvalue weighted by molar-refractivity contribution is 0.176. The highest BCUT2D eigenvalue weighted by Crippen LogP contribution is 2.43. The van der Waals surface area contributed by atoms with Gasteiger partial charge in [0.05, 0.1) is 0 Å². The number of thioether (sulfide) groups is 1. The van der Waals surface area contributed by atoms with Crippen molar-refractivity contribution < 1.29 is 0 Å². The number of rotatable bonds is 4. The van der Waals surface area contributed by atoms with Crippen LogP contribution >= 0.6 is 11.8 Å². The van der Waals surface area contributed by atoms with Crippen LogP contribution in [-0.4, -0.2) is 17.8 Å². The van der Waals surface area contributed by atoms with E-state index in [1.165, 1.54) is 35.3 Å². The van der Waals surface area contributed by atoms with E-state index in [4.69, 9.17) is 0 Å². The van der Waals surface area contributed by atoms with Crippen molar-refractivity contribution in [2.45, 2.75) is 70.1 Å². The summed E-state index contributed by atoms with van der Waals surface area (Å²) in [5, 5.41) is 4.45. The van der Waals surface area contributed by atoms with E-state index >= 15 is 0 Å². The van der Waals surface area contributed by atoms with Crippen LogP contribution in [0.5, 0.6) is 0 Å². The molecule has 1 aliphatic rings. The third kappa shape index (κ3) is 3.59. The zero-order valence-electron chi connectivity index (χ0n) is 13.6. The lowest BCUT2D eigenvalue weighted by Gasteiger charge is -2.44. The number of nitrogens with one attached hydrogen (secondary N) is 1. The first-order chi connectivity index (χ1) is 9.44. The quantitative estimate of drug-likeness (QED) is 0.842. The zero-order chi connectivity index (χ0) is 14.8. The summed E-state index contributed by atoms with van der Waals surface area (Å²) < 4.78 is 0. The van der Waals surface area contributed by atoms with Crippen molar-refractivity contribution in [1.29, 1.82) is 0 Å². The van der Waals surface area contributed by atoms with E-state index in [0.717, 1.165) is 6.54 Å². The Morgan fingerprint density at radius 2 is 2.00 bits per heavy atom. The van der Waals surface area contributed by atoms with Crippen LogP contribution in [0.3, 0.4) is 0 Å². The number of hydrogen-bond donors (Lipinski definition) is 1. The first kappa shape index (κ1) is 15.9. The normalized spacial score (nSPS) is 25.6. The summed E-state index contributed by atoms with van der Waals surface area (Å²) in [6.45, 7) is 12.5. The van der Waals surface area contributed by atoms with Gasteiger partial charge >= 0.3 is 0 Å². The van der Waals surface area contributed by atoms with Crippen molar-refractivity contribution in [3.8, 4) is 0 Å². The van der Waals surface area contributed by atoms with Crippen LogP contribution in [0.2, 0.25) is 0 Å². The SMILES string of the molecule is CCNC1C(Sc2ccc(C)c(C)c2)CCCC1(C)C. The van der Waals surface area contributed by atoms with E-state index in [-0.39, 0.29) is 0 Å². The van der Waals surface area contributed by atoms with Crippen molar-refractivity contribution >= 4 is 11.8 Å². The third-order valence-corrected chi connectivity index (χ3v) is 6.05. The molecule has 2 heteroatoms. The summed E-state index contributed by atoms with van der Waals surface area (Å²) in [5.41, 5.74) is 3.21. The predicted octanol–water partition coefficient (Wildman–Crippen LogP) is 4.95. The molecule has 1 nitrogen and oxygen atoms in total. The van der Waals surface area contributed by atoms with Crippen LogP contribution in [0.15, 0.2) is 23.1 Å². The molecular formula is C18H29NS. The summed E-state index contributed by atoms with van der Waals surface area (Å²) in [7, 11) is 0. The van der Waals surface area contributed by atoms with Gasteiger partial charge < -0.3 is 5.32 Å². The second-order valence-corrected chi connectivity index (χ2v) is 8.13. The van der Waals surface area contributed by atoms with E-state index in [9.17, 15) is 0 Å². The van der Waals surface area contributed by atoms with Gasteiger partial charge in [0.1, 0.15) is 0 Å². The number of hydrogen-bond acceptors (Lipinski definition) is 2. The van der Waals surface area contributed by atoms with Crippen molar-refractivity contribution in [2.24, 2.45) is 5.41 Å². The number of benzene rings is 1. The Kier molecular flexibility index (Phi) is 5.19. The molecule has 1 N–H and O–H groups in total. The maximum atomic E-state index is 3.75. The Hall–Kier alpha value is -0.470. The van der Waals surface area contributed by atoms with Crippen molar-refractivity contribution in [3.05, 3.63) is 29.3 Å². The van der Waals surface area contributed by atoms with Gasteiger partial charge in [-0.05, 0) is 61.9 Å². The highest BCUT2D eigenvalue weighted by molar-refractivity contribution is 8.00. The molecule has 0 aromatic heterocycles. The highest BCUT2D eigenvalue weighted by Gasteiger charge is 2.38. The largest absolute Gasteiger partial charge is 0.313 e. The molecule has 1 aliphatic carbocycles. The van der Waals surface area contributed by atoms with E-state index in [1.807, 2.05) is 0 Å². The summed E-state index contributed by atoms with van der Waals surface area (Å²) in [5.74, 6) is 0. The summed E-state index contributed by atoms with van der Waals surface area (Å²) in [6.07, 6.45) is 4.03. The molecule has 2 atom stereocenters. The first-order valence-electron chi connectivity index (χ1n) is 7.91. The molecule has 1 aromatic rings. The molecule has 0 heterocycles. The molecule has 0 spiro atoms. The minimum Gasteiger partial charge on any atom is -0.313 e. The monoisotopic (exact) mass is 291 g/mol. The van der Waals surface area contributed by atoms with E-state index < -0.39 is 0 Å². The van der Waals surface area contributed by atoms with Gasteiger partial charge in [0.25, 0.3) is 0 Å². The van der Waals surface area contributed by atoms with Gasteiger partial charge in [0.15, 0.2) is 0 Å². The Bertz CT molecular complexity index is 453. The zero-order valence-corrected chi connectivity index (χ0v) is 14.4. The molecule has 2 rings (SSSR count). The molecule has 1 fully saturated rings. The van der Waals surface area contributed by atoms with Crippen LogP contribution in [0, 0.1) is 19.3 Å². The predicted molar refractivity (Wildman–Crippen MR) is 90.7 cm³/mol. The average Bonchev–Trinajstić information content (AvgIpc) is 2.38. The molecule has 0 saturated heterocycles. The van der Waals surface area contributed by atoms with Crippen LogP contribution in [0.4, 0.5) is 0 Å². The van der Waals surface area contributed by atoms with Gasteiger partial charge in [0, 0.05) is 16.2 Å². The maximum absolute atomic E-state index is 3.75. The van der Waals surface area contributed by atoms with Gasteiger partial charge in [-0.25, -0.2) is 0 Å². The van der Waals surface area contributed by atoms with E-state index in [0.29, 0.717) is 16.7 Å². The third-order valence-electron chi connectivity index (χ3n) is 4.71. The van der Waals surface area contributed by atoms with E-state index in [2.05, 4.69) is 69.9 Å². The molecule has 112 valence electrons. The first-order valence-corrected chi connectivity index (χ1v) is 8.79. The Labute approximate surface area is 128 Å². The molecule has 1 aromatic carbocycles. The minimum atomic E-state index is 0.408. The van der Waals surface area contributed by atoms with Gasteiger partial charge in [-0.3, -0.25) is 0 Å². The molecule has 0 radical (unpaired) electrons. The fraction of sp³-hybridized carbons (Fsp3) is 0.667. The molecule has 20 heavy (non-hydrogen) atoms. The Balaban J connectivity index is 2.14. The summed E-state index contributed by atoms with van der Waals surface area (Å²) in [4.78, 5) is 1.43. The molecule has 1 saturated carbocycles. The standard InChI is InChI=1S/C18H29NS/c1-6-19-17-16(8-7-11-18(17,4)5)20-15-10-9-13(2)14(3)12-15/h9-10,12,16-17,19H,6-8,11H2,1-5H3. The van der Waals surface area contributed by atoms with Crippen molar-refractivity contribution in [2.75, 3.05) is 6.54 Å². The lowest BCUT2D eigenvalue weighted by Crippen LogP contribution is -2.51. The lowest BCUT2D eigenvalue weighted by atomic mass is 9.73. The van der Waals surface area contributed by atoms with Crippen LogP contribution in [-0.2, 0) is 0 Å². The van der Waals surface area contributed by atoms with Crippen LogP contribution in [0.25, 0.3) is 0 Å². The Morgan fingerprint density at radius 3 is 2.65 bits per heavy atom. The van der Waals surface area contributed by atoms with Crippen LogP contribution < -0.4 is 5.32 Å². The topological polar surface area (TPSA) is 12.0 Å². The Morgan fingerprint density at radius 1 is 1.25 bits per heavy atom. The molecule has 2 unspecified atom stereocenters. The molecule has 0 aliphatic heterocycles. The van der Waals surface area contributed by atoms with Gasteiger partial charge in [-0.1, -0.05) is 33.3 Å².